The maximum atomic E-state index is 12.2. The molecule has 1 aromatic heterocycles. The minimum absolute atomic E-state index is 0.0620. The van der Waals surface area contributed by atoms with E-state index in [1.54, 1.807) is 7.05 Å². The van der Waals surface area contributed by atoms with Gasteiger partial charge in [-0.2, -0.15) is 5.10 Å². The zero-order valence-electron chi connectivity index (χ0n) is 17.0. The molecule has 1 aromatic rings. The zero-order valence-corrected chi connectivity index (χ0v) is 17.0. The van der Waals surface area contributed by atoms with Gasteiger partial charge in [-0.1, -0.05) is 19.3 Å². The molecule has 6 heteroatoms. The summed E-state index contributed by atoms with van der Waals surface area (Å²) in [5, 5.41) is 11.2. The molecule has 1 atom stereocenters. The molecule has 6 nitrogen and oxygen atoms in total. The molecular formula is C21H35N5O. The second-order valence-corrected chi connectivity index (χ2v) is 8.78. The SMILES string of the molecule is CNC(=O)c1nn(C)c2c1CC(NCC1(N3CCCCC3)CCCC1)CC2. The van der Waals surface area contributed by atoms with Gasteiger partial charge in [-0.3, -0.25) is 14.4 Å². The highest BCUT2D eigenvalue weighted by atomic mass is 16.1. The van der Waals surface area contributed by atoms with Gasteiger partial charge in [0.05, 0.1) is 0 Å². The molecule has 1 aliphatic heterocycles. The predicted octanol–water partition coefficient (Wildman–Crippen LogP) is 2.03. The first-order valence-corrected chi connectivity index (χ1v) is 10.9. The zero-order chi connectivity index (χ0) is 18.9. The standard InChI is InChI=1S/C21H35N5O/c1-22-20(27)19-17-14-16(8-9-18(17)25(2)24-19)23-15-21(10-4-5-11-21)26-12-6-3-7-13-26/h16,23H,3-15H2,1-2H3,(H,22,27). The van der Waals surface area contributed by atoms with Gasteiger partial charge in [0.2, 0.25) is 0 Å². The van der Waals surface area contributed by atoms with E-state index >= 15 is 0 Å². The fourth-order valence-corrected chi connectivity index (χ4v) is 5.60. The van der Waals surface area contributed by atoms with Crippen LogP contribution >= 0.6 is 0 Å². The molecule has 1 saturated heterocycles. The molecule has 0 spiro atoms. The normalized spacial score (nSPS) is 25.3. The molecule has 0 aromatic carbocycles. The lowest BCUT2D eigenvalue weighted by Crippen LogP contribution is -2.56. The lowest BCUT2D eigenvalue weighted by atomic mass is 9.88. The number of aryl methyl sites for hydroxylation is 1. The molecule has 1 amide bonds. The van der Waals surface area contributed by atoms with Gasteiger partial charge in [0.25, 0.3) is 5.91 Å². The van der Waals surface area contributed by atoms with E-state index in [1.165, 1.54) is 63.7 Å². The van der Waals surface area contributed by atoms with E-state index in [0.717, 1.165) is 31.4 Å². The molecule has 2 N–H and O–H groups in total. The van der Waals surface area contributed by atoms with Crippen molar-refractivity contribution in [2.45, 2.75) is 75.8 Å². The van der Waals surface area contributed by atoms with E-state index in [9.17, 15) is 4.79 Å². The maximum Gasteiger partial charge on any atom is 0.271 e. The minimum Gasteiger partial charge on any atom is -0.354 e. The van der Waals surface area contributed by atoms with E-state index in [0.29, 0.717) is 17.3 Å². The summed E-state index contributed by atoms with van der Waals surface area (Å²) in [6.45, 7) is 3.66. The summed E-state index contributed by atoms with van der Waals surface area (Å²) >= 11 is 0. The van der Waals surface area contributed by atoms with Crippen molar-refractivity contribution >= 4 is 5.91 Å². The fourth-order valence-electron chi connectivity index (χ4n) is 5.60. The summed E-state index contributed by atoms with van der Waals surface area (Å²) in [6.07, 6.45) is 12.6. The first-order valence-electron chi connectivity index (χ1n) is 10.9. The third kappa shape index (κ3) is 3.66. The highest BCUT2D eigenvalue weighted by molar-refractivity contribution is 5.93. The monoisotopic (exact) mass is 373 g/mol. The van der Waals surface area contributed by atoms with Gasteiger partial charge in [0.1, 0.15) is 0 Å². The molecule has 150 valence electrons. The minimum atomic E-state index is -0.0620. The Hall–Kier alpha value is -1.40. The lowest BCUT2D eigenvalue weighted by Gasteiger charge is -2.44. The number of fused-ring (bicyclic) bond motifs is 1. The van der Waals surface area contributed by atoms with Gasteiger partial charge in [0.15, 0.2) is 5.69 Å². The number of rotatable bonds is 5. The van der Waals surface area contributed by atoms with Crippen molar-refractivity contribution in [2.75, 3.05) is 26.7 Å². The second kappa shape index (κ2) is 7.92. The number of hydrogen-bond acceptors (Lipinski definition) is 4. The summed E-state index contributed by atoms with van der Waals surface area (Å²) in [5.74, 6) is -0.0620. The molecule has 1 unspecified atom stereocenters. The van der Waals surface area contributed by atoms with Gasteiger partial charge in [-0.25, -0.2) is 0 Å². The van der Waals surface area contributed by atoms with E-state index in [-0.39, 0.29) is 5.91 Å². The van der Waals surface area contributed by atoms with Gasteiger partial charge in [0, 0.05) is 43.5 Å². The van der Waals surface area contributed by atoms with Gasteiger partial charge in [-0.15, -0.1) is 0 Å². The van der Waals surface area contributed by atoms with Gasteiger partial charge < -0.3 is 10.6 Å². The second-order valence-electron chi connectivity index (χ2n) is 8.78. The van der Waals surface area contributed by atoms with Crippen molar-refractivity contribution in [3.05, 3.63) is 17.0 Å². The Balaban J connectivity index is 1.44. The Morgan fingerprint density at radius 2 is 1.93 bits per heavy atom. The third-order valence-electron chi connectivity index (χ3n) is 7.18. The van der Waals surface area contributed by atoms with E-state index in [2.05, 4.69) is 20.6 Å². The number of hydrogen-bond donors (Lipinski definition) is 2. The quantitative estimate of drug-likeness (QED) is 0.829. The molecule has 2 fully saturated rings. The molecule has 27 heavy (non-hydrogen) atoms. The highest BCUT2D eigenvalue weighted by Crippen LogP contribution is 2.37. The Morgan fingerprint density at radius 1 is 1.19 bits per heavy atom. The van der Waals surface area contributed by atoms with Gasteiger partial charge >= 0.3 is 0 Å². The predicted molar refractivity (Wildman–Crippen MR) is 107 cm³/mol. The Morgan fingerprint density at radius 3 is 2.63 bits per heavy atom. The number of piperidine rings is 1. The lowest BCUT2D eigenvalue weighted by molar-refractivity contribution is 0.0668. The average molecular weight is 374 g/mol. The number of aromatic nitrogens is 2. The summed E-state index contributed by atoms with van der Waals surface area (Å²) in [4.78, 5) is 15.0. The number of likely N-dealkylation sites (tertiary alicyclic amines) is 1. The van der Waals surface area contributed by atoms with E-state index in [4.69, 9.17) is 0 Å². The van der Waals surface area contributed by atoms with E-state index < -0.39 is 0 Å². The van der Waals surface area contributed by atoms with Crippen LogP contribution in [0.3, 0.4) is 0 Å². The van der Waals surface area contributed by atoms with Crippen molar-refractivity contribution in [2.24, 2.45) is 7.05 Å². The number of carbonyl (C=O) groups excluding carboxylic acids is 1. The summed E-state index contributed by atoms with van der Waals surface area (Å²) in [5.41, 5.74) is 3.38. The van der Waals surface area contributed by atoms with Crippen molar-refractivity contribution < 1.29 is 4.79 Å². The molecular weight excluding hydrogens is 338 g/mol. The summed E-state index contributed by atoms with van der Waals surface area (Å²) < 4.78 is 1.91. The molecule has 2 heterocycles. The van der Waals surface area contributed by atoms with Crippen LogP contribution in [-0.2, 0) is 19.9 Å². The van der Waals surface area contributed by atoms with Crippen LogP contribution in [-0.4, -0.2) is 58.9 Å². The van der Waals surface area contributed by atoms with Crippen LogP contribution in [0.5, 0.6) is 0 Å². The van der Waals surface area contributed by atoms with Crippen LogP contribution < -0.4 is 10.6 Å². The fraction of sp³-hybridized carbons (Fsp3) is 0.810. The van der Waals surface area contributed by atoms with Crippen molar-refractivity contribution in [3.8, 4) is 0 Å². The first-order chi connectivity index (χ1) is 13.1. The Kier molecular flexibility index (Phi) is 5.55. The summed E-state index contributed by atoms with van der Waals surface area (Å²) in [7, 11) is 3.65. The molecule has 0 radical (unpaired) electrons. The van der Waals surface area contributed by atoms with Gasteiger partial charge in [-0.05, 0) is 58.0 Å². The van der Waals surface area contributed by atoms with Crippen LogP contribution in [0, 0.1) is 0 Å². The van der Waals surface area contributed by atoms with Crippen molar-refractivity contribution in [3.63, 3.8) is 0 Å². The molecule has 1 saturated carbocycles. The maximum absolute atomic E-state index is 12.2. The first kappa shape index (κ1) is 18.9. The smallest absolute Gasteiger partial charge is 0.271 e. The molecule has 4 rings (SSSR count). The van der Waals surface area contributed by atoms with E-state index in [1.807, 2.05) is 11.7 Å². The van der Waals surface area contributed by atoms with Crippen molar-refractivity contribution in [1.82, 2.24) is 25.3 Å². The molecule has 2 aliphatic carbocycles. The van der Waals surface area contributed by atoms with Crippen LogP contribution in [0.2, 0.25) is 0 Å². The molecule has 3 aliphatic rings. The highest BCUT2D eigenvalue weighted by Gasteiger charge is 2.40. The number of nitrogens with zero attached hydrogens (tertiary/aromatic N) is 3. The van der Waals surface area contributed by atoms with Crippen LogP contribution in [0.25, 0.3) is 0 Å². The van der Waals surface area contributed by atoms with Crippen molar-refractivity contribution in [1.29, 1.82) is 0 Å². The largest absolute Gasteiger partial charge is 0.354 e. The number of carbonyl (C=O) groups is 1. The summed E-state index contributed by atoms with van der Waals surface area (Å²) in [6, 6.07) is 0.451. The average Bonchev–Trinajstić information content (AvgIpc) is 3.32. The topological polar surface area (TPSA) is 62.2 Å². The molecule has 0 bridgehead atoms. The third-order valence-corrected chi connectivity index (χ3v) is 7.18. The number of nitrogens with one attached hydrogen (secondary N) is 2. The number of amides is 1. The Labute approximate surface area is 163 Å². The van der Waals surface area contributed by atoms with Crippen LogP contribution in [0.4, 0.5) is 0 Å². The van der Waals surface area contributed by atoms with Crippen LogP contribution in [0.1, 0.15) is 73.1 Å². The van der Waals surface area contributed by atoms with Crippen LogP contribution in [0.15, 0.2) is 0 Å². The Bertz CT molecular complexity index is 670.